The van der Waals surface area contributed by atoms with Crippen molar-refractivity contribution >= 4 is 17.7 Å². The first-order chi connectivity index (χ1) is 17.7. The van der Waals surface area contributed by atoms with Gasteiger partial charge in [-0.25, -0.2) is 4.79 Å². The molecule has 37 heavy (non-hydrogen) atoms. The highest BCUT2D eigenvalue weighted by Gasteiger charge is 2.59. The molecule has 0 aromatic heterocycles. The van der Waals surface area contributed by atoms with Gasteiger partial charge in [-0.15, -0.1) is 0 Å². The van der Waals surface area contributed by atoms with Gasteiger partial charge in [-0.1, -0.05) is 25.5 Å². The van der Waals surface area contributed by atoms with Crippen molar-refractivity contribution in [1.29, 1.82) is 0 Å². The molecule has 0 N–H and O–H groups in total. The largest absolute Gasteiger partial charge is 0.462 e. The third kappa shape index (κ3) is 5.96. The summed E-state index contributed by atoms with van der Waals surface area (Å²) in [6, 6.07) is 0. The first-order valence-electron chi connectivity index (χ1n) is 13.9. The Balaban J connectivity index is 1.31. The number of hydrogen-bond donors (Lipinski definition) is 0. The molecule has 7 atom stereocenters. The molecule has 0 unspecified atom stereocenters. The highest BCUT2D eigenvalue weighted by molar-refractivity contribution is 5.85. The molecule has 0 aromatic rings. The number of esters is 2. The zero-order chi connectivity index (χ0) is 26.6. The summed E-state index contributed by atoms with van der Waals surface area (Å²) in [5.41, 5.74) is 1.58. The molecule has 4 aliphatic rings. The second-order valence-electron chi connectivity index (χ2n) is 11.9. The van der Waals surface area contributed by atoms with E-state index in [2.05, 4.69) is 19.9 Å². The van der Waals surface area contributed by atoms with E-state index in [1.165, 1.54) is 12.5 Å². The van der Waals surface area contributed by atoms with E-state index in [0.717, 1.165) is 51.4 Å². The fourth-order valence-corrected chi connectivity index (χ4v) is 8.17. The van der Waals surface area contributed by atoms with Crippen molar-refractivity contribution < 1.29 is 38.1 Å². The molecular formula is C29H44O8. The minimum atomic E-state index is -0.547. The molecule has 4 rings (SSSR count). The van der Waals surface area contributed by atoms with Crippen LogP contribution >= 0.6 is 0 Å². The van der Waals surface area contributed by atoms with Crippen LogP contribution in [-0.2, 0) is 38.1 Å². The quantitative estimate of drug-likeness (QED) is 0.173. The number of Topliss-reactive ketones (excluding diaryl/α,β-unsaturated/α-hetero) is 1. The van der Waals surface area contributed by atoms with Crippen LogP contribution in [0, 0.1) is 34.5 Å². The summed E-state index contributed by atoms with van der Waals surface area (Å²) in [7, 11) is 1.58. The molecule has 0 bridgehead atoms. The molecule has 0 radical (unpaired) electrons. The minimum absolute atomic E-state index is 0.00649. The van der Waals surface area contributed by atoms with Crippen molar-refractivity contribution in [2.45, 2.75) is 78.2 Å². The summed E-state index contributed by atoms with van der Waals surface area (Å²) in [5, 5.41) is 0. The predicted octanol–water partition coefficient (Wildman–Crippen LogP) is 4.25. The number of allylic oxidation sites excluding steroid dienone is 1. The van der Waals surface area contributed by atoms with Crippen molar-refractivity contribution in [3.8, 4) is 0 Å². The van der Waals surface area contributed by atoms with Gasteiger partial charge >= 0.3 is 11.9 Å². The lowest BCUT2D eigenvalue weighted by Gasteiger charge is -2.58. The van der Waals surface area contributed by atoms with Gasteiger partial charge in [0.15, 0.2) is 5.78 Å². The highest BCUT2D eigenvalue weighted by Crippen LogP contribution is 2.66. The van der Waals surface area contributed by atoms with Crippen LogP contribution in [0.4, 0.5) is 0 Å². The molecule has 208 valence electrons. The Hall–Kier alpha value is -1.77. The molecule has 0 aromatic carbocycles. The van der Waals surface area contributed by atoms with E-state index in [1.54, 1.807) is 7.11 Å². The van der Waals surface area contributed by atoms with Crippen LogP contribution in [0.25, 0.3) is 0 Å². The van der Waals surface area contributed by atoms with Gasteiger partial charge in [-0.3, -0.25) is 9.59 Å². The van der Waals surface area contributed by atoms with E-state index in [4.69, 9.17) is 23.7 Å². The molecule has 3 fully saturated rings. The molecule has 0 spiro atoms. The van der Waals surface area contributed by atoms with Gasteiger partial charge in [-0.2, -0.15) is 0 Å². The zero-order valence-electron chi connectivity index (χ0n) is 22.9. The van der Waals surface area contributed by atoms with Gasteiger partial charge in [0.25, 0.3) is 0 Å². The predicted molar refractivity (Wildman–Crippen MR) is 135 cm³/mol. The summed E-state index contributed by atoms with van der Waals surface area (Å²) in [6.45, 7) is 6.62. The SMILES string of the molecule is COCCOCOCC(=O)OCC(=O)[C@H]1CC[C@H]2[C@@H]3CC=C4C[C@@H](OC(C)=O)CC[C@]4(C)[C@H]3CC[C@]12C. The van der Waals surface area contributed by atoms with Crippen molar-refractivity contribution in [2.75, 3.05) is 40.3 Å². The maximum Gasteiger partial charge on any atom is 0.332 e. The van der Waals surface area contributed by atoms with Crippen LogP contribution in [0.1, 0.15) is 72.1 Å². The third-order valence-corrected chi connectivity index (χ3v) is 9.97. The number of ketones is 1. The normalized spacial score (nSPS) is 36.5. The smallest absolute Gasteiger partial charge is 0.332 e. The maximum absolute atomic E-state index is 13.2. The van der Waals surface area contributed by atoms with Crippen molar-refractivity contribution in [3.05, 3.63) is 11.6 Å². The van der Waals surface area contributed by atoms with Gasteiger partial charge in [0.2, 0.25) is 0 Å². The molecule has 8 heteroatoms. The van der Waals surface area contributed by atoms with E-state index < -0.39 is 5.97 Å². The van der Waals surface area contributed by atoms with E-state index in [-0.39, 0.29) is 54.6 Å². The number of methoxy groups -OCH3 is 1. The van der Waals surface area contributed by atoms with Crippen LogP contribution in [0.5, 0.6) is 0 Å². The number of carbonyl (C=O) groups excluding carboxylic acids is 3. The number of rotatable bonds is 11. The first-order valence-corrected chi connectivity index (χ1v) is 13.9. The molecule has 8 nitrogen and oxygen atoms in total. The Morgan fingerprint density at radius 1 is 0.973 bits per heavy atom. The van der Waals surface area contributed by atoms with E-state index in [1.807, 2.05) is 0 Å². The van der Waals surface area contributed by atoms with Crippen LogP contribution in [0.15, 0.2) is 11.6 Å². The minimum Gasteiger partial charge on any atom is -0.462 e. The monoisotopic (exact) mass is 520 g/mol. The number of fused-ring (bicyclic) bond motifs is 5. The van der Waals surface area contributed by atoms with Crippen LogP contribution in [0.2, 0.25) is 0 Å². The number of ether oxygens (including phenoxy) is 5. The van der Waals surface area contributed by atoms with Crippen molar-refractivity contribution in [1.82, 2.24) is 0 Å². The zero-order valence-corrected chi connectivity index (χ0v) is 22.9. The van der Waals surface area contributed by atoms with E-state index >= 15 is 0 Å². The number of carbonyl (C=O) groups is 3. The van der Waals surface area contributed by atoms with Crippen molar-refractivity contribution in [2.24, 2.45) is 34.5 Å². The Morgan fingerprint density at radius 2 is 1.78 bits per heavy atom. The summed E-state index contributed by atoms with van der Waals surface area (Å²) < 4.78 is 26.0. The van der Waals surface area contributed by atoms with Crippen LogP contribution < -0.4 is 0 Å². The topological polar surface area (TPSA) is 97.4 Å². The lowest BCUT2D eigenvalue weighted by molar-refractivity contribution is -0.159. The van der Waals surface area contributed by atoms with Crippen LogP contribution in [0.3, 0.4) is 0 Å². The van der Waals surface area contributed by atoms with Gasteiger partial charge < -0.3 is 23.7 Å². The molecule has 3 saturated carbocycles. The Morgan fingerprint density at radius 3 is 2.54 bits per heavy atom. The fourth-order valence-electron chi connectivity index (χ4n) is 8.17. The van der Waals surface area contributed by atoms with Crippen LogP contribution in [-0.4, -0.2) is 64.2 Å². The highest BCUT2D eigenvalue weighted by atomic mass is 16.7. The van der Waals surface area contributed by atoms with Gasteiger partial charge in [0.1, 0.15) is 26.1 Å². The number of hydrogen-bond acceptors (Lipinski definition) is 8. The molecule has 0 amide bonds. The summed E-state index contributed by atoms with van der Waals surface area (Å²) in [4.78, 5) is 36.8. The fraction of sp³-hybridized carbons (Fsp3) is 0.828. The lowest BCUT2D eigenvalue weighted by atomic mass is 9.47. The standard InChI is InChI=1S/C29H44O8/c1-19(30)37-21-9-11-28(2)20(15-21)5-6-22-23-7-8-25(29(23,3)12-10-24(22)28)26(31)16-36-27(32)17-35-18-34-14-13-33-4/h5,21-25H,6-18H2,1-4H3/t21-,22-,23-,24-,25+,28-,29-/m0/s1. The molecular weight excluding hydrogens is 476 g/mol. The second kappa shape index (κ2) is 12.0. The summed E-state index contributed by atoms with van der Waals surface area (Å²) in [5.74, 6) is 0.918. The lowest BCUT2D eigenvalue weighted by Crippen LogP contribution is -2.51. The Kier molecular flexibility index (Phi) is 9.13. The Bertz CT molecular complexity index is 883. The van der Waals surface area contributed by atoms with Gasteiger partial charge in [-0.05, 0) is 73.5 Å². The second-order valence-corrected chi connectivity index (χ2v) is 11.9. The summed E-state index contributed by atoms with van der Waals surface area (Å²) in [6.07, 6.45) is 10.4. The maximum atomic E-state index is 13.2. The first kappa shape index (κ1) is 28.2. The third-order valence-electron chi connectivity index (χ3n) is 9.97. The van der Waals surface area contributed by atoms with Gasteiger partial charge in [0.05, 0.1) is 13.2 Å². The molecule has 0 heterocycles. The van der Waals surface area contributed by atoms with Crippen molar-refractivity contribution in [3.63, 3.8) is 0 Å². The Labute approximate surface area is 220 Å². The molecule has 0 saturated heterocycles. The average Bonchev–Trinajstić information content (AvgIpc) is 3.22. The average molecular weight is 521 g/mol. The summed E-state index contributed by atoms with van der Waals surface area (Å²) >= 11 is 0. The van der Waals surface area contributed by atoms with Gasteiger partial charge in [0, 0.05) is 26.4 Å². The van der Waals surface area contributed by atoms with E-state index in [0.29, 0.717) is 31.0 Å². The molecule has 4 aliphatic carbocycles. The van der Waals surface area contributed by atoms with E-state index in [9.17, 15) is 14.4 Å². The molecule has 0 aliphatic heterocycles.